The van der Waals surface area contributed by atoms with Gasteiger partial charge in [0, 0.05) is 30.9 Å². The maximum Gasteiger partial charge on any atom is 0.228 e. The maximum atomic E-state index is 5.22. The van der Waals surface area contributed by atoms with E-state index in [1.807, 2.05) is 13.0 Å². The highest BCUT2D eigenvalue weighted by atomic mass is 16.5. The van der Waals surface area contributed by atoms with Crippen LogP contribution < -0.4 is 15.0 Å². The second kappa shape index (κ2) is 4.72. The Morgan fingerprint density at radius 2 is 2.28 bits per heavy atom. The van der Waals surface area contributed by atoms with E-state index in [2.05, 4.69) is 20.2 Å². The Bertz CT molecular complexity index is 423. The van der Waals surface area contributed by atoms with Gasteiger partial charge in [-0.2, -0.15) is 4.98 Å². The number of aromatic nitrogens is 2. The lowest BCUT2D eigenvalue weighted by Gasteiger charge is -2.24. The maximum absolute atomic E-state index is 5.22. The molecule has 0 aromatic carbocycles. The number of hydrogen-bond acceptors (Lipinski definition) is 5. The van der Waals surface area contributed by atoms with E-state index in [1.165, 1.54) is 12.8 Å². The molecule has 0 amide bonds. The second-order valence-corrected chi connectivity index (χ2v) is 5.22. The van der Waals surface area contributed by atoms with Gasteiger partial charge in [0.1, 0.15) is 0 Å². The molecule has 0 bridgehead atoms. The molecule has 2 aliphatic heterocycles. The van der Waals surface area contributed by atoms with Crippen molar-refractivity contribution in [2.24, 2.45) is 5.92 Å². The first kappa shape index (κ1) is 11.7. The van der Waals surface area contributed by atoms with E-state index in [1.54, 1.807) is 7.11 Å². The molecule has 0 radical (unpaired) electrons. The Labute approximate surface area is 108 Å². The van der Waals surface area contributed by atoms with Crippen LogP contribution in [0, 0.1) is 12.8 Å². The highest BCUT2D eigenvalue weighted by Gasteiger charge is 2.35. The molecule has 2 saturated heterocycles. The molecule has 3 rings (SSSR count). The zero-order chi connectivity index (χ0) is 12.5. The average Bonchev–Trinajstić information content (AvgIpc) is 2.81. The molecule has 1 aromatic rings. The van der Waals surface area contributed by atoms with Crippen LogP contribution in [0.3, 0.4) is 0 Å². The average molecular weight is 248 g/mol. The van der Waals surface area contributed by atoms with Crippen LogP contribution in [-0.2, 0) is 0 Å². The molecule has 0 unspecified atom stereocenters. The third kappa shape index (κ3) is 2.14. The summed E-state index contributed by atoms with van der Waals surface area (Å²) in [5.74, 6) is 2.21. The van der Waals surface area contributed by atoms with Crippen molar-refractivity contribution in [1.29, 1.82) is 0 Å². The van der Waals surface area contributed by atoms with E-state index in [4.69, 9.17) is 4.74 Å². The number of rotatable bonds is 2. The molecule has 0 spiro atoms. The van der Waals surface area contributed by atoms with Crippen LogP contribution in [-0.4, -0.2) is 42.8 Å². The normalized spacial score (nSPS) is 27.1. The van der Waals surface area contributed by atoms with Gasteiger partial charge in [0.2, 0.25) is 11.8 Å². The van der Waals surface area contributed by atoms with E-state index in [9.17, 15) is 0 Å². The highest BCUT2D eigenvalue weighted by molar-refractivity contribution is 5.37. The molecular weight excluding hydrogens is 228 g/mol. The van der Waals surface area contributed by atoms with Gasteiger partial charge < -0.3 is 15.0 Å². The van der Waals surface area contributed by atoms with Gasteiger partial charge in [-0.05, 0) is 32.2 Å². The monoisotopic (exact) mass is 248 g/mol. The van der Waals surface area contributed by atoms with E-state index < -0.39 is 0 Å². The van der Waals surface area contributed by atoms with Crippen LogP contribution in [0.5, 0.6) is 5.88 Å². The highest BCUT2D eigenvalue weighted by Crippen LogP contribution is 2.28. The largest absolute Gasteiger partial charge is 0.481 e. The van der Waals surface area contributed by atoms with E-state index in [0.29, 0.717) is 11.9 Å². The third-order valence-electron chi connectivity index (χ3n) is 3.91. The Kier molecular flexibility index (Phi) is 3.07. The van der Waals surface area contributed by atoms with Gasteiger partial charge in [0.05, 0.1) is 7.11 Å². The first-order valence-corrected chi connectivity index (χ1v) is 6.64. The van der Waals surface area contributed by atoms with Crippen molar-refractivity contribution in [2.45, 2.75) is 25.8 Å². The zero-order valence-corrected chi connectivity index (χ0v) is 11.0. The molecule has 1 aromatic heterocycles. The quantitative estimate of drug-likeness (QED) is 0.845. The summed E-state index contributed by atoms with van der Waals surface area (Å²) in [5, 5.41) is 3.60. The summed E-state index contributed by atoms with van der Waals surface area (Å²) in [7, 11) is 1.65. The number of anilines is 1. The minimum atomic E-state index is 0.605. The summed E-state index contributed by atoms with van der Waals surface area (Å²) in [6.45, 7) is 5.20. The summed E-state index contributed by atoms with van der Waals surface area (Å²) >= 11 is 0. The predicted octanol–water partition coefficient (Wildman–Crippen LogP) is 0.982. The molecule has 98 valence electrons. The molecule has 5 heteroatoms. The van der Waals surface area contributed by atoms with Crippen LogP contribution >= 0.6 is 0 Å². The van der Waals surface area contributed by atoms with E-state index in [-0.39, 0.29) is 0 Å². The first-order chi connectivity index (χ1) is 8.76. The summed E-state index contributed by atoms with van der Waals surface area (Å²) in [4.78, 5) is 11.3. The van der Waals surface area contributed by atoms with Crippen molar-refractivity contribution in [3.63, 3.8) is 0 Å². The van der Waals surface area contributed by atoms with Crippen LogP contribution in [0.15, 0.2) is 6.07 Å². The Morgan fingerprint density at radius 3 is 3.06 bits per heavy atom. The Hall–Kier alpha value is -1.36. The van der Waals surface area contributed by atoms with Gasteiger partial charge in [0.25, 0.3) is 0 Å². The molecule has 0 saturated carbocycles. The summed E-state index contributed by atoms with van der Waals surface area (Å²) in [6, 6.07) is 2.47. The number of piperidine rings is 1. The fourth-order valence-corrected chi connectivity index (χ4v) is 2.98. The van der Waals surface area contributed by atoms with Gasteiger partial charge in [-0.15, -0.1) is 0 Å². The lowest BCUT2D eigenvalue weighted by Crippen LogP contribution is -2.40. The molecule has 2 aliphatic rings. The molecule has 18 heavy (non-hydrogen) atoms. The molecule has 1 N–H and O–H groups in total. The zero-order valence-electron chi connectivity index (χ0n) is 11.0. The smallest absolute Gasteiger partial charge is 0.228 e. The number of hydrogen-bond donors (Lipinski definition) is 1. The minimum Gasteiger partial charge on any atom is -0.481 e. The molecule has 2 atom stereocenters. The fourth-order valence-electron chi connectivity index (χ4n) is 2.98. The Balaban J connectivity index is 1.81. The van der Waals surface area contributed by atoms with Crippen LogP contribution in [0.25, 0.3) is 0 Å². The van der Waals surface area contributed by atoms with Crippen molar-refractivity contribution < 1.29 is 4.74 Å². The summed E-state index contributed by atoms with van der Waals surface area (Å²) in [6.07, 6.45) is 2.60. The van der Waals surface area contributed by atoms with Gasteiger partial charge in [-0.1, -0.05) is 0 Å². The number of methoxy groups -OCH3 is 1. The van der Waals surface area contributed by atoms with E-state index >= 15 is 0 Å². The van der Waals surface area contributed by atoms with Gasteiger partial charge in [-0.25, -0.2) is 4.98 Å². The van der Waals surface area contributed by atoms with Crippen molar-refractivity contribution in [2.75, 3.05) is 31.6 Å². The van der Waals surface area contributed by atoms with Gasteiger partial charge in [0.15, 0.2) is 0 Å². The number of aryl methyl sites for hydroxylation is 1. The van der Waals surface area contributed by atoms with Gasteiger partial charge in [-0.3, -0.25) is 0 Å². The Morgan fingerprint density at radius 1 is 1.39 bits per heavy atom. The topological polar surface area (TPSA) is 50.3 Å². The molecule has 2 fully saturated rings. The third-order valence-corrected chi connectivity index (χ3v) is 3.91. The minimum absolute atomic E-state index is 0.605. The fraction of sp³-hybridized carbons (Fsp3) is 0.692. The van der Waals surface area contributed by atoms with Crippen molar-refractivity contribution >= 4 is 5.95 Å². The predicted molar refractivity (Wildman–Crippen MR) is 70.0 cm³/mol. The standard InChI is InChI=1S/C13H20N4O/c1-9-6-12(18-2)16-13(15-9)17-7-10-4-3-5-14-11(10)8-17/h6,10-11,14H,3-5,7-8H2,1-2H3/t10-,11+/m0/s1. The second-order valence-electron chi connectivity index (χ2n) is 5.22. The van der Waals surface area contributed by atoms with Gasteiger partial charge >= 0.3 is 0 Å². The lowest BCUT2D eigenvalue weighted by atomic mass is 9.94. The van der Waals surface area contributed by atoms with Crippen LogP contribution in [0.1, 0.15) is 18.5 Å². The van der Waals surface area contributed by atoms with Crippen LogP contribution in [0.4, 0.5) is 5.95 Å². The van der Waals surface area contributed by atoms with Crippen LogP contribution in [0.2, 0.25) is 0 Å². The van der Waals surface area contributed by atoms with Crippen molar-refractivity contribution in [3.05, 3.63) is 11.8 Å². The first-order valence-electron chi connectivity index (χ1n) is 6.64. The number of nitrogens with one attached hydrogen (secondary N) is 1. The van der Waals surface area contributed by atoms with E-state index in [0.717, 1.165) is 37.2 Å². The number of fused-ring (bicyclic) bond motifs is 1. The molecule has 3 heterocycles. The number of ether oxygens (including phenoxy) is 1. The molecular formula is C13H20N4O. The number of nitrogens with zero attached hydrogens (tertiary/aromatic N) is 3. The molecule has 5 nitrogen and oxygen atoms in total. The SMILES string of the molecule is COc1cc(C)nc(N2C[C@@H]3CCCN[C@@H]3C2)n1. The summed E-state index contributed by atoms with van der Waals surface area (Å²) < 4.78 is 5.22. The van der Waals surface area contributed by atoms with Crippen molar-refractivity contribution in [1.82, 2.24) is 15.3 Å². The lowest BCUT2D eigenvalue weighted by molar-refractivity contribution is 0.340. The van der Waals surface area contributed by atoms with Crippen molar-refractivity contribution in [3.8, 4) is 5.88 Å². The summed E-state index contributed by atoms with van der Waals surface area (Å²) in [5.41, 5.74) is 0.958. The molecule has 0 aliphatic carbocycles.